The largest absolute Gasteiger partial charge is 0.330 e. The van der Waals surface area contributed by atoms with Crippen LogP contribution in [-0.4, -0.2) is 39.8 Å². The van der Waals surface area contributed by atoms with Crippen molar-refractivity contribution in [1.82, 2.24) is 0 Å². The van der Waals surface area contributed by atoms with E-state index >= 15 is 0 Å². The topological polar surface area (TPSA) is 93.1 Å². The van der Waals surface area contributed by atoms with Crippen LogP contribution < -0.4 is 0 Å². The molecule has 24 heavy (non-hydrogen) atoms. The molecule has 0 fully saturated rings. The lowest BCUT2D eigenvalue weighted by Crippen LogP contribution is -1.98. The number of hydrogen-bond donors (Lipinski definition) is 2. The van der Waals surface area contributed by atoms with E-state index < -0.39 is 15.2 Å². The Balaban J connectivity index is -0.0000000806. The van der Waals surface area contributed by atoms with Crippen molar-refractivity contribution in [3.05, 3.63) is 0 Å². The second kappa shape index (κ2) is 24.4. The van der Waals surface area contributed by atoms with E-state index in [4.69, 9.17) is 18.8 Å². The lowest BCUT2D eigenvalue weighted by molar-refractivity contribution is 0.220. The normalized spacial score (nSPS) is 10.2. The first-order valence-corrected chi connectivity index (χ1v) is 12.7. The number of alkyl halides is 1. The Kier molecular flexibility index (Phi) is 36.9. The molecule has 0 amide bonds. The average molecular weight is 524 g/mol. The molecule has 0 radical (unpaired) electrons. The van der Waals surface area contributed by atoms with Crippen molar-refractivity contribution in [2.45, 2.75) is 61.3 Å². The first-order valence-electron chi connectivity index (χ1n) is 7.64. The summed E-state index contributed by atoms with van der Waals surface area (Å²) in [5.41, 5.74) is 0. The van der Waals surface area contributed by atoms with E-state index in [0.29, 0.717) is 25.8 Å². The Morgan fingerprint density at radius 3 is 1.29 bits per heavy atom. The van der Waals surface area contributed by atoms with Crippen LogP contribution in [-0.2, 0) is 18.2 Å². The quantitative estimate of drug-likeness (QED) is 0.225. The van der Waals surface area contributed by atoms with Crippen LogP contribution in [0.5, 0.6) is 0 Å². The van der Waals surface area contributed by atoms with Gasteiger partial charge in [-0.05, 0) is 37.5 Å². The number of rotatable bonds is 9. The summed E-state index contributed by atoms with van der Waals surface area (Å²) in [5.74, 6) is 0. The molecular weight excluding hydrogens is 485 g/mol. The predicted octanol–water partition coefficient (Wildman–Crippen LogP) is 5.82. The van der Waals surface area contributed by atoms with Crippen LogP contribution >= 0.6 is 51.3 Å². The Hall–Kier alpha value is 1.38. The van der Waals surface area contributed by atoms with E-state index in [0.717, 1.165) is 6.42 Å². The zero-order valence-corrected chi connectivity index (χ0v) is 19.9. The van der Waals surface area contributed by atoms with E-state index in [1.54, 1.807) is 6.92 Å². The minimum atomic E-state index is -3.67. The van der Waals surface area contributed by atoms with E-state index in [-0.39, 0.29) is 27.1 Å². The van der Waals surface area contributed by atoms with Crippen LogP contribution in [0.4, 0.5) is 0 Å². The maximum atomic E-state index is 11.6. The fourth-order valence-electron chi connectivity index (χ4n) is 1.12. The van der Waals surface area contributed by atoms with Crippen molar-refractivity contribution < 1.29 is 28.0 Å². The molecule has 6 nitrogen and oxygen atoms in total. The van der Waals surface area contributed by atoms with E-state index in [1.807, 2.05) is 20.8 Å². The van der Waals surface area contributed by atoms with Gasteiger partial charge in [-0.2, -0.15) is 13.5 Å². The van der Waals surface area contributed by atoms with Crippen molar-refractivity contribution in [1.29, 1.82) is 0 Å². The summed E-state index contributed by atoms with van der Waals surface area (Å²) in [4.78, 5) is 16.3. The molecule has 0 spiro atoms. The predicted molar refractivity (Wildman–Crippen MR) is 120 cm³/mol. The molecule has 154 valence electrons. The van der Waals surface area contributed by atoms with Crippen molar-refractivity contribution in [3.63, 3.8) is 0 Å². The van der Waals surface area contributed by atoms with Crippen LogP contribution in [0, 0.1) is 0 Å². The summed E-state index contributed by atoms with van der Waals surface area (Å²) in [6.07, 6.45) is 3.21. The molecule has 0 bridgehead atoms. The summed E-state index contributed by atoms with van der Waals surface area (Å²) >= 11 is 2.35. The lowest BCUT2D eigenvalue weighted by atomic mass is 10.6. The van der Waals surface area contributed by atoms with Gasteiger partial charge >= 0.3 is 15.2 Å². The third-order valence-electron chi connectivity index (χ3n) is 1.85. The first kappa shape index (κ1) is 36.3. The summed E-state index contributed by atoms with van der Waals surface area (Å²) in [7, 11) is -6.39. The van der Waals surface area contributed by atoms with E-state index in [1.165, 1.54) is 10.8 Å². The standard InChI is InChI=1S/C7H17O3P.C3H7I.C3H9O3P.CH4.H2S/c1-4-7-11(8,9-5-2)10-6-3;1-2-3-4;1-2-3-7(4,5)6;;/h4-7H2,1-3H3;2-3H2,1H3;2-3H2,1H3,(H2,4,5,6);1H4;1H2. The Bertz CT molecular complexity index is 290. The fourth-order valence-corrected chi connectivity index (χ4v) is 3.37. The monoisotopic (exact) mass is 524 g/mol. The molecule has 0 aromatic rings. The summed E-state index contributed by atoms with van der Waals surface area (Å²) in [6.45, 7) is 10.4. The van der Waals surface area contributed by atoms with E-state index in [2.05, 4.69) is 29.5 Å². The third-order valence-corrected chi connectivity index (χ3v) is 6.26. The van der Waals surface area contributed by atoms with Gasteiger partial charge in [0.2, 0.25) is 0 Å². The van der Waals surface area contributed by atoms with Gasteiger partial charge in [-0.15, -0.1) is 0 Å². The van der Waals surface area contributed by atoms with Crippen LogP contribution in [0.3, 0.4) is 0 Å². The molecule has 0 unspecified atom stereocenters. The van der Waals surface area contributed by atoms with Crippen LogP contribution in [0.2, 0.25) is 0 Å². The summed E-state index contributed by atoms with van der Waals surface area (Å²) < 4.78 is 32.9. The maximum Gasteiger partial charge on any atom is 0.330 e. The first-order chi connectivity index (χ1) is 10.2. The average Bonchev–Trinajstić information content (AvgIpc) is 2.39. The zero-order valence-electron chi connectivity index (χ0n) is 15.0. The Labute approximate surface area is 170 Å². The van der Waals surface area contributed by atoms with Gasteiger partial charge in [-0.3, -0.25) is 9.13 Å². The highest BCUT2D eigenvalue weighted by Gasteiger charge is 2.21. The van der Waals surface area contributed by atoms with Gasteiger partial charge in [0.05, 0.1) is 13.2 Å². The van der Waals surface area contributed by atoms with Crippen molar-refractivity contribution in [2.24, 2.45) is 0 Å². The van der Waals surface area contributed by atoms with E-state index in [9.17, 15) is 9.13 Å². The fraction of sp³-hybridized carbons (Fsp3) is 1.00. The molecule has 0 aromatic heterocycles. The molecule has 2 N–H and O–H groups in total. The second-order valence-electron chi connectivity index (χ2n) is 4.25. The van der Waals surface area contributed by atoms with Crippen molar-refractivity contribution in [3.8, 4) is 0 Å². The van der Waals surface area contributed by atoms with Gasteiger partial charge in [0, 0.05) is 12.3 Å². The highest BCUT2D eigenvalue weighted by Crippen LogP contribution is 2.48. The maximum absolute atomic E-state index is 11.6. The minimum absolute atomic E-state index is 0. The SMILES string of the molecule is C.CCCI.CCCP(=O)(O)O.CCCP(=O)(OCC)OCC.S. The number of hydrogen-bond acceptors (Lipinski definition) is 4. The summed E-state index contributed by atoms with van der Waals surface area (Å²) in [5, 5.41) is 0. The second-order valence-corrected chi connectivity index (χ2v) is 9.29. The molecule has 0 atom stereocenters. The molecule has 0 aliphatic carbocycles. The van der Waals surface area contributed by atoms with Crippen LogP contribution in [0.1, 0.15) is 61.3 Å². The minimum Gasteiger partial charge on any atom is -0.324 e. The molecule has 0 heterocycles. The van der Waals surface area contributed by atoms with Crippen molar-refractivity contribution >= 4 is 51.3 Å². The molecule has 0 aromatic carbocycles. The molecule has 0 aliphatic heterocycles. The number of halogens is 1. The highest BCUT2D eigenvalue weighted by molar-refractivity contribution is 14.1. The molecule has 0 saturated heterocycles. The Morgan fingerprint density at radius 1 is 0.833 bits per heavy atom. The van der Waals surface area contributed by atoms with Gasteiger partial charge in [0.25, 0.3) is 0 Å². The lowest BCUT2D eigenvalue weighted by Gasteiger charge is -2.15. The Morgan fingerprint density at radius 2 is 1.17 bits per heavy atom. The molecule has 0 rings (SSSR count). The smallest absolute Gasteiger partial charge is 0.324 e. The van der Waals surface area contributed by atoms with Crippen LogP contribution in [0.15, 0.2) is 0 Å². The van der Waals surface area contributed by atoms with Gasteiger partial charge in [0.15, 0.2) is 0 Å². The molecule has 0 aliphatic rings. The van der Waals surface area contributed by atoms with Crippen LogP contribution in [0.25, 0.3) is 0 Å². The molecule has 10 heteroatoms. The highest BCUT2D eigenvalue weighted by atomic mass is 127. The zero-order chi connectivity index (χ0) is 18.1. The third kappa shape index (κ3) is 34.7. The van der Waals surface area contributed by atoms with Crippen molar-refractivity contribution in [2.75, 3.05) is 30.0 Å². The van der Waals surface area contributed by atoms with Gasteiger partial charge in [0.1, 0.15) is 0 Å². The molecular formula is C14H39IO6P2S. The van der Waals surface area contributed by atoms with Gasteiger partial charge in [-0.25, -0.2) is 0 Å². The summed E-state index contributed by atoms with van der Waals surface area (Å²) in [6, 6.07) is 0. The van der Waals surface area contributed by atoms with Gasteiger partial charge in [-0.1, -0.05) is 50.8 Å². The molecule has 0 saturated carbocycles. The van der Waals surface area contributed by atoms with Gasteiger partial charge < -0.3 is 18.8 Å².